The van der Waals surface area contributed by atoms with E-state index >= 15 is 0 Å². The standard InChI is InChI=1S/C15H25N3/c1-3-8-16-11-13-7-9-17-12-15(13)18-10-5-6-14(18)4-2/h7,9,12,14,16H,3-6,8,10-11H2,1-2H3. The number of nitrogens with zero attached hydrogens (tertiary/aromatic N) is 2. The van der Waals surface area contributed by atoms with Gasteiger partial charge in [-0.15, -0.1) is 0 Å². The van der Waals surface area contributed by atoms with Crippen LogP contribution >= 0.6 is 0 Å². The largest absolute Gasteiger partial charge is 0.367 e. The molecule has 0 aliphatic carbocycles. The van der Waals surface area contributed by atoms with Gasteiger partial charge in [-0.1, -0.05) is 13.8 Å². The molecule has 1 aliphatic heterocycles. The molecular weight excluding hydrogens is 222 g/mol. The molecule has 3 heteroatoms. The topological polar surface area (TPSA) is 28.2 Å². The molecule has 2 heterocycles. The SMILES string of the molecule is CCCNCc1ccncc1N1CCCC1CC. The van der Waals surface area contributed by atoms with Gasteiger partial charge in [0.15, 0.2) is 0 Å². The average Bonchev–Trinajstić information content (AvgIpc) is 2.88. The number of hydrogen-bond acceptors (Lipinski definition) is 3. The first-order valence-electron chi connectivity index (χ1n) is 7.27. The molecule has 1 aromatic heterocycles. The van der Waals surface area contributed by atoms with Crippen LogP contribution < -0.4 is 10.2 Å². The van der Waals surface area contributed by atoms with E-state index in [0.717, 1.165) is 13.1 Å². The Bertz CT molecular complexity index is 365. The van der Waals surface area contributed by atoms with Gasteiger partial charge in [-0.3, -0.25) is 4.98 Å². The molecule has 0 bridgehead atoms. The first-order chi connectivity index (χ1) is 8.86. The van der Waals surface area contributed by atoms with Gasteiger partial charge in [-0.05, 0) is 43.9 Å². The third kappa shape index (κ3) is 3.02. The van der Waals surface area contributed by atoms with Crippen LogP contribution in [0.2, 0.25) is 0 Å². The highest BCUT2D eigenvalue weighted by Crippen LogP contribution is 2.29. The van der Waals surface area contributed by atoms with Gasteiger partial charge in [-0.2, -0.15) is 0 Å². The van der Waals surface area contributed by atoms with E-state index in [-0.39, 0.29) is 0 Å². The Hall–Kier alpha value is -1.09. The maximum atomic E-state index is 4.32. The minimum atomic E-state index is 0.708. The highest BCUT2D eigenvalue weighted by atomic mass is 15.2. The lowest BCUT2D eigenvalue weighted by Gasteiger charge is -2.27. The van der Waals surface area contributed by atoms with Crippen LogP contribution in [0.25, 0.3) is 0 Å². The Labute approximate surface area is 111 Å². The second-order valence-corrected chi connectivity index (χ2v) is 5.08. The zero-order chi connectivity index (χ0) is 12.8. The number of hydrogen-bond donors (Lipinski definition) is 1. The summed E-state index contributed by atoms with van der Waals surface area (Å²) in [6, 6.07) is 2.86. The third-order valence-electron chi connectivity index (χ3n) is 3.79. The van der Waals surface area contributed by atoms with E-state index in [1.807, 2.05) is 12.4 Å². The van der Waals surface area contributed by atoms with E-state index in [9.17, 15) is 0 Å². The predicted octanol–water partition coefficient (Wildman–Crippen LogP) is 2.96. The van der Waals surface area contributed by atoms with E-state index in [1.54, 1.807) is 0 Å². The molecule has 3 nitrogen and oxygen atoms in total. The summed E-state index contributed by atoms with van der Waals surface area (Å²) in [7, 11) is 0. The highest BCUT2D eigenvalue weighted by Gasteiger charge is 2.24. The van der Waals surface area contributed by atoms with Gasteiger partial charge in [0.25, 0.3) is 0 Å². The number of aromatic nitrogens is 1. The van der Waals surface area contributed by atoms with Crippen LogP contribution in [0, 0.1) is 0 Å². The van der Waals surface area contributed by atoms with E-state index in [4.69, 9.17) is 0 Å². The van der Waals surface area contributed by atoms with Gasteiger partial charge < -0.3 is 10.2 Å². The molecule has 1 unspecified atom stereocenters. The van der Waals surface area contributed by atoms with Crippen LogP contribution in [0.1, 0.15) is 45.1 Å². The molecule has 0 spiro atoms. The van der Waals surface area contributed by atoms with Crippen LogP contribution in [0.15, 0.2) is 18.5 Å². The van der Waals surface area contributed by atoms with Crippen LogP contribution in [0.3, 0.4) is 0 Å². The van der Waals surface area contributed by atoms with Crippen molar-refractivity contribution in [2.45, 2.75) is 52.1 Å². The van der Waals surface area contributed by atoms with E-state index in [2.05, 4.69) is 35.1 Å². The van der Waals surface area contributed by atoms with Gasteiger partial charge in [0.2, 0.25) is 0 Å². The van der Waals surface area contributed by atoms with Crippen molar-refractivity contribution in [2.24, 2.45) is 0 Å². The molecule has 2 rings (SSSR count). The van der Waals surface area contributed by atoms with Crippen LogP contribution in [0.5, 0.6) is 0 Å². The van der Waals surface area contributed by atoms with Gasteiger partial charge in [0.05, 0.1) is 11.9 Å². The summed E-state index contributed by atoms with van der Waals surface area (Å²) in [5.41, 5.74) is 2.73. The number of nitrogens with one attached hydrogen (secondary N) is 1. The number of rotatable bonds is 6. The number of anilines is 1. The normalized spacial score (nSPS) is 19.4. The lowest BCUT2D eigenvalue weighted by molar-refractivity contribution is 0.635. The van der Waals surface area contributed by atoms with Crippen molar-refractivity contribution in [2.75, 3.05) is 18.0 Å². The molecule has 0 amide bonds. The Morgan fingerprint density at radius 3 is 3.11 bits per heavy atom. The van der Waals surface area contributed by atoms with E-state index in [1.165, 1.54) is 43.5 Å². The molecule has 1 N–H and O–H groups in total. The molecule has 1 saturated heterocycles. The highest BCUT2D eigenvalue weighted by molar-refractivity contribution is 5.53. The minimum Gasteiger partial charge on any atom is -0.367 e. The Morgan fingerprint density at radius 1 is 1.44 bits per heavy atom. The summed E-state index contributed by atoms with van der Waals surface area (Å²) in [4.78, 5) is 6.87. The summed E-state index contributed by atoms with van der Waals surface area (Å²) < 4.78 is 0. The summed E-state index contributed by atoms with van der Waals surface area (Å²) >= 11 is 0. The molecule has 18 heavy (non-hydrogen) atoms. The van der Waals surface area contributed by atoms with E-state index in [0.29, 0.717) is 6.04 Å². The first kappa shape index (κ1) is 13.3. The van der Waals surface area contributed by atoms with Gasteiger partial charge in [-0.25, -0.2) is 0 Å². The average molecular weight is 247 g/mol. The Morgan fingerprint density at radius 2 is 2.33 bits per heavy atom. The van der Waals surface area contributed by atoms with Crippen molar-refractivity contribution in [1.82, 2.24) is 10.3 Å². The maximum absolute atomic E-state index is 4.32. The summed E-state index contributed by atoms with van der Waals surface area (Å²) in [5, 5.41) is 3.49. The molecule has 100 valence electrons. The summed E-state index contributed by atoms with van der Waals surface area (Å²) in [5.74, 6) is 0. The zero-order valence-corrected chi connectivity index (χ0v) is 11.7. The van der Waals surface area contributed by atoms with Crippen molar-refractivity contribution in [3.05, 3.63) is 24.0 Å². The number of pyridine rings is 1. The van der Waals surface area contributed by atoms with Crippen molar-refractivity contribution in [3.8, 4) is 0 Å². The van der Waals surface area contributed by atoms with Crippen LogP contribution in [-0.2, 0) is 6.54 Å². The van der Waals surface area contributed by atoms with E-state index < -0.39 is 0 Å². The maximum Gasteiger partial charge on any atom is 0.0600 e. The summed E-state index contributed by atoms with van der Waals surface area (Å²) in [6.07, 6.45) is 9.00. The lowest BCUT2D eigenvalue weighted by atomic mass is 10.1. The first-order valence-corrected chi connectivity index (χ1v) is 7.27. The molecular formula is C15H25N3. The second-order valence-electron chi connectivity index (χ2n) is 5.08. The molecule has 1 fully saturated rings. The van der Waals surface area contributed by atoms with Crippen molar-refractivity contribution >= 4 is 5.69 Å². The molecule has 0 aromatic carbocycles. The quantitative estimate of drug-likeness (QED) is 0.783. The second kappa shape index (κ2) is 6.74. The smallest absolute Gasteiger partial charge is 0.0600 e. The molecule has 1 atom stereocenters. The fourth-order valence-corrected chi connectivity index (χ4v) is 2.80. The monoisotopic (exact) mass is 247 g/mol. The Kier molecular flexibility index (Phi) is 5.00. The fraction of sp³-hybridized carbons (Fsp3) is 0.667. The van der Waals surface area contributed by atoms with Crippen molar-refractivity contribution < 1.29 is 0 Å². The molecule has 0 radical (unpaired) electrons. The van der Waals surface area contributed by atoms with Gasteiger partial charge >= 0.3 is 0 Å². The zero-order valence-electron chi connectivity index (χ0n) is 11.7. The van der Waals surface area contributed by atoms with Crippen molar-refractivity contribution in [3.63, 3.8) is 0 Å². The molecule has 1 aliphatic rings. The van der Waals surface area contributed by atoms with Crippen LogP contribution in [-0.4, -0.2) is 24.1 Å². The van der Waals surface area contributed by atoms with Gasteiger partial charge in [0.1, 0.15) is 0 Å². The van der Waals surface area contributed by atoms with Crippen molar-refractivity contribution in [1.29, 1.82) is 0 Å². The third-order valence-corrected chi connectivity index (χ3v) is 3.79. The van der Waals surface area contributed by atoms with Crippen LogP contribution in [0.4, 0.5) is 5.69 Å². The predicted molar refractivity (Wildman–Crippen MR) is 76.9 cm³/mol. The molecule has 0 saturated carbocycles. The Balaban J connectivity index is 2.11. The fourth-order valence-electron chi connectivity index (χ4n) is 2.80. The summed E-state index contributed by atoms with van der Waals surface area (Å²) in [6.45, 7) is 7.71. The minimum absolute atomic E-state index is 0.708. The van der Waals surface area contributed by atoms with Gasteiger partial charge in [0, 0.05) is 25.3 Å². The molecule has 1 aromatic rings. The lowest BCUT2D eigenvalue weighted by Crippen LogP contribution is -2.30.